The van der Waals surface area contributed by atoms with Crippen LogP contribution in [-0.2, 0) is 13.1 Å². The van der Waals surface area contributed by atoms with Crippen LogP contribution in [0.15, 0.2) is 29.9 Å². The van der Waals surface area contributed by atoms with Gasteiger partial charge in [0.1, 0.15) is 5.01 Å². The molecule has 2 rings (SSSR count). The lowest BCUT2D eigenvalue weighted by molar-refractivity contribution is 0.667. The van der Waals surface area contributed by atoms with Gasteiger partial charge in [0.15, 0.2) is 0 Å². The van der Waals surface area contributed by atoms with Crippen molar-refractivity contribution in [3.63, 3.8) is 0 Å². The summed E-state index contributed by atoms with van der Waals surface area (Å²) in [6.07, 6.45) is 3.48. The highest BCUT2D eigenvalue weighted by molar-refractivity contribution is 7.09. The van der Waals surface area contributed by atoms with Gasteiger partial charge >= 0.3 is 0 Å². The maximum Gasteiger partial charge on any atom is 0.106 e. The maximum absolute atomic E-state index is 4.17. The van der Waals surface area contributed by atoms with E-state index in [1.807, 2.05) is 23.7 Å². The summed E-state index contributed by atoms with van der Waals surface area (Å²) in [4.78, 5) is 4.17. The zero-order valence-corrected chi connectivity index (χ0v) is 8.37. The predicted octanol–water partition coefficient (Wildman–Crippen LogP) is 1.22. The summed E-state index contributed by atoms with van der Waals surface area (Å²) in [5, 5.41) is 14.1. The van der Waals surface area contributed by atoms with E-state index in [0.29, 0.717) is 0 Å². The molecule has 0 bridgehead atoms. The number of hydrogen-bond acceptors (Lipinski definition) is 5. The molecule has 0 amide bonds. The van der Waals surface area contributed by atoms with Crippen molar-refractivity contribution in [1.29, 1.82) is 0 Å². The third-order valence-corrected chi connectivity index (χ3v) is 2.47. The summed E-state index contributed by atoms with van der Waals surface area (Å²) < 4.78 is 0. The number of hydrogen-bond donors (Lipinski definition) is 1. The molecule has 5 heteroatoms. The third kappa shape index (κ3) is 2.58. The Bertz CT molecular complexity index is 360. The van der Waals surface area contributed by atoms with E-state index < -0.39 is 0 Å². The van der Waals surface area contributed by atoms with E-state index in [4.69, 9.17) is 0 Å². The predicted molar refractivity (Wildman–Crippen MR) is 54.7 cm³/mol. The van der Waals surface area contributed by atoms with E-state index in [1.165, 1.54) is 0 Å². The van der Waals surface area contributed by atoms with Crippen LogP contribution >= 0.6 is 11.3 Å². The monoisotopic (exact) mass is 206 g/mol. The molecule has 4 nitrogen and oxygen atoms in total. The number of thiazole rings is 1. The normalized spacial score (nSPS) is 10.3. The average Bonchev–Trinajstić information content (AvgIpc) is 2.72. The SMILES string of the molecule is c1cnnc(CNCc2nccs2)c1. The van der Waals surface area contributed by atoms with Crippen LogP contribution in [0.3, 0.4) is 0 Å². The fourth-order valence-electron chi connectivity index (χ4n) is 1.07. The summed E-state index contributed by atoms with van der Waals surface area (Å²) in [5.41, 5.74) is 0.948. The lowest BCUT2D eigenvalue weighted by atomic mass is 10.4. The van der Waals surface area contributed by atoms with Crippen molar-refractivity contribution in [2.24, 2.45) is 0 Å². The minimum atomic E-state index is 0.730. The highest BCUT2D eigenvalue weighted by Crippen LogP contribution is 2.02. The summed E-state index contributed by atoms with van der Waals surface area (Å²) >= 11 is 1.65. The van der Waals surface area contributed by atoms with Gasteiger partial charge in [-0.1, -0.05) is 0 Å². The van der Waals surface area contributed by atoms with E-state index >= 15 is 0 Å². The van der Waals surface area contributed by atoms with Crippen LogP contribution in [0.4, 0.5) is 0 Å². The first kappa shape index (κ1) is 9.23. The Morgan fingerprint density at radius 2 is 2.29 bits per heavy atom. The molecule has 0 aliphatic rings. The first-order valence-electron chi connectivity index (χ1n) is 4.31. The molecule has 2 heterocycles. The van der Waals surface area contributed by atoms with Gasteiger partial charge in [-0.2, -0.15) is 10.2 Å². The molecule has 0 saturated heterocycles. The van der Waals surface area contributed by atoms with Gasteiger partial charge in [-0.15, -0.1) is 11.3 Å². The fourth-order valence-corrected chi connectivity index (χ4v) is 1.65. The van der Waals surface area contributed by atoms with Crippen LogP contribution in [0, 0.1) is 0 Å². The van der Waals surface area contributed by atoms with Crippen molar-refractivity contribution >= 4 is 11.3 Å². The minimum absolute atomic E-state index is 0.730. The average molecular weight is 206 g/mol. The Kier molecular flexibility index (Phi) is 3.15. The first-order chi connectivity index (χ1) is 6.95. The van der Waals surface area contributed by atoms with Crippen LogP contribution < -0.4 is 5.32 Å². The van der Waals surface area contributed by atoms with E-state index in [0.717, 1.165) is 23.8 Å². The van der Waals surface area contributed by atoms with Gasteiger partial charge in [0.25, 0.3) is 0 Å². The molecule has 14 heavy (non-hydrogen) atoms. The molecule has 2 aromatic heterocycles. The van der Waals surface area contributed by atoms with Gasteiger partial charge in [0.05, 0.1) is 5.69 Å². The third-order valence-electron chi connectivity index (χ3n) is 1.69. The lowest BCUT2D eigenvalue weighted by Gasteiger charge is -2.00. The Morgan fingerprint density at radius 3 is 3.00 bits per heavy atom. The molecule has 0 radical (unpaired) electrons. The van der Waals surface area contributed by atoms with Crippen molar-refractivity contribution < 1.29 is 0 Å². The highest BCUT2D eigenvalue weighted by atomic mass is 32.1. The molecule has 0 spiro atoms. The molecular formula is C9H10N4S. The Labute approximate surface area is 86.0 Å². The van der Waals surface area contributed by atoms with Gasteiger partial charge in [0, 0.05) is 30.9 Å². The number of aromatic nitrogens is 3. The zero-order valence-electron chi connectivity index (χ0n) is 7.55. The first-order valence-corrected chi connectivity index (χ1v) is 5.19. The van der Waals surface area contributed by atoms with Crippen LogP contribution in [0.25, 0.3) is 0 Å². The van der Waals surface area contributed by atoms with Crippen molar-refractivity contribution in [1.82, 2.24) is 20.5 Å². The molecule has 72 valence electrons. The fraction of sp³-hybridized carbons (Fsp3) is 0.222. The van der Waals surface area contributed by atoms with Crippen LogP contribution in [0.2, 0.25) is 0 Å². The topological polar surface area (TPSA) is 50.7 Å². The number of nitrogens with one attached hydrogen (secondary N) is 1. The van der Waals surface area contributed by atoms with Crippen molar-refractivity contribution in [2.45, 2.75) is 13.1 Å². The second kappa shape index (κ2) is 4.78. The van der Waals surface area contributed by atoms with Gasteiger partial charge in [-0.05, 0) is 12.1 Å². The second-order valence-electron chi connectivity index (χ2n) is 2.74. The molecule has 0 aliphatic carbocycles. The minimum Gasteiger partial charge on any atom is -0.305 e. The molecule has 0 saturated carbocycles. The standard InChI is InChI=1S/C9H10N4S/c1-2-8(13-12-3-1)6-10-7-9-11-4-5-14-9/h1-5,10H,6-7H2. The Hall–Kier alpha value is -1.33. The van der Waals surface area contributed by atoms with E-state index in [9.17, 15) is 0 Å². The second-order valence-corrected chi connectivity index (χ2v) is 3.72. The number of rotatable bonds is 4. The summed E-state index contributed by atoms with van der Waals surface area (Å²) in [6, 6.07) is 3.83. The van der Waals surface area contributed by atoms with Crippen LogP contribution in [0.5, 0.6) is 0 Å². The quantitative estimate of drug-likeness (QED) is 0.817. The lowest BCUT2D eigenvalue weighted by Crippen LogP contribution is -2.13. The van der Waals surface area contributed by atoms with Gasteiger partial charge < -0.3 is 5.32 Å². The van der Waals surface area contributed by atoms with Gasteiger partial charge in [0.2, 0.25) is 0 Å². The van der Waals surface area contributed by atoms with Gasteiger partial charge in [-0.3, -0.25) is 0 Å². The van der Waals surface area contributed by atoms with Gasteiger partial charge in [-0.25, -0.2) is 4.98 Å². The molecule has 0 atom stereocenters. The van der Waals surface area contributed by atoms with E-state index in [2.05, 4.69) is 20.5 Å². The Morgan fingerprint density at radius 1 is 1.29 bits per heavy atom. The molecule has 2 aromatic rings. The smallest absolute Gasteiger partial charge is 0.106 e. The van der Waals surface area contributed by atoms with Crippen LogP contribution in [0.1, 0.15) is 10.7 Å². The molecule has 0 fully saturated rings. The van der Waals surface area contributed by atoms with Crippen LogP contribution in [-0.4, -0.2) is 15.2 Å². The van der Waals surface area contributed by atoms with Crippen molar-refractivity contribution in [2.75, 3.05) is 0 Å². The van der Waals surface area contributed by atoms with Crippen molar-refractivity contribution in [3.8, 4) is 0 Å². The molecular weight excluding hydrogens is 196 g/mol. The maximum atomic E-state index is 4.17. The van der Waals surface area contributed by atoms with E-state index in [1.54, 1.807) is 17.5 Å². The molecule has 0 aromatic carbocycles. The van der Waals surface area contributed by atoms with E-state index in [-0.39, 0.29) is 0 Å². The summed E-state index contributed by atoms with van der Waals surface area (Å²) in [7, 11) is 0. The zero-order chi connectivity index (χ0) is 9.64. The largest absolute Gasteiger partial charge is 0.305 e. The molecule has 0 aliphatic heterocycles. The summed E-state index contributed by atoms with van der Waals surface area (Å²) in [5.74, 6) is 0. The Balaban J connectivity index is 1.79. The molecule has 0 unspecified atom stereocenters. The van der Waals surface area contributed by atoms with Crippen molar-refractivity contribution in [3.05, 3.63) is 40.6 Å². The summed E-state index contributed by atoms with van der Waals surface area (Å²) in [6.45, 7) is 1.52. The number of nitrogens with zero attached hydrogens (tertiary/aromatic N) is 3. The highest BCUT2D eigenvalue weighted by Gasteiger charge is 1.96. The molecule has 1 N–H and O–H groups in total.